The highest BCUT2D eigenvalue weighted by Crippen LogP contribution is 2.20. The smallest absolute Gasteiger partial charge is 0.394 e. The van der Waals surface area contributed by atoms with Crippen molar-refractivity contribution in [2.45, 2.75) is 13.8 Å². The predicted octanol–water partition coefficient (Wildman–Crippen LogP) is -0.575. The number of aliphatic hydroxyl groups excluding tert-OH is 1. The van der Waals surface area contributed by atoms with E-state index in [0.29, 0.717) is 6.54 Å². The number of benzene rings is 1. The molecule has 0 atom stereocenters. The van der Waals surface area contributed by atoms with Crippen molar-refractivity contribution in [1.82, 2.24) is 0 Å². The maximum Gasteiger partial charge on any atom is 0.394 e. The van der Waals surface area contributed by atoms with Gasteiger partial charge in [-0.25, -0.2) is 5.90 Å². The fourth-order valence-corrected chi connectivity index (χ4v) is 1.42. The van der Waals surface area contributed by atoms with Gasteiger partial charge in [-0.2, -0.15) is 16.8 Å². The summed E-state index contributed by atoms with van der Waals surface area (Å²) in [4.78, 5) is 2.09. The van der Waals surface area contributed by atoms with Crippen molar-refractivity contribution >= 4 is 32.2 Å². The average molecular weight is 423 g/mol. The first-order valence-corrected chi connectivity index (χ1v) is 9.36. The van der Waals surface area contributed by atoms with E-state index < -0.39 is 20.8 Å². The van der Waals surface area contributed by atoms with Crippen LogP contribution in [0.15, 0.2) is 18.2 Å². The van der Waals surface area contributed by atoms with E-state index >= 15 is 0 Å². The molecule has 0 unspecified atom stereocenters. The number of nitrogens with two attached hydrogens (primary N) is 2. The van der Waals surface area contributed by atoms with Crippen molar-refractivity contribution in [1.29, 1.82) is 0 Å². The van der Waals surface area contributed by atoms with Gasteiger partial charge in [0.05, 0.1) is 6.61 Å². The van der Waals surface area contributed by atoms with E-state index in [-0.39, 0.29) is 6.61 Å². The highest BCUT2D eigenvalue weighted by molar-refractivity contribution is 7.80. The minimum absolute atomic E-state index is 0.168. The molecule has 0 aliphatic rings. The molecule has 1 rings (SSSR count). The molecule has 0 bridgehead atoms. The summed E-state index contributed by atoms with van der Waals surface area (Å²) in [5.41, 5.74) is 8.79. The number of anilines is 2. The van der Waals surface area contributed by atoms with Crippen LogP contribution in [0.4, 0.5) is 11.4 Å². The summed E-state index contributed by atoms with van der Waals surface area (Å²) in [5.74, 6) is 3.50. The number of hydrogen-bond acceptors (Lipinski definition) is 9. The monoisotopic (exact) mass is 423 g/mol. The van der Waals surface area contributed by atoms with Crippen LogP contribution >= 0.6 is 0 Å². The van der Waals surface area contributed by atoms with E-state index in [1.54, 1.807) is 0 Å². The van der Waals surface area contributed by atoms with Crippen molar-refractivity contribution in [2.75, 3.05) is 30.3 Å². The number of likely N-dealkylation sites (N-methyl/N-ethyl adjacent to an activating group) is 1. The lowest BCUT2D eigenvalue weighted by Gasteiger charge is -2.22. The van der Waals surface area contributed by atoms with Gasteiger partial charge in [-0.1, -0.05) is 6.07 Å². The van der Waals surface area contributed by atoms with Gasteiger partial charge >= 0.3 is 20.8 Å². The zero-order valence-corrected chi connectivity index (χ0v) is 15.7. The van der Waals surface area contributed by atoms with Crippen molar-refractivity contribution in [2.24, 2.45) is 5.90 Å². The largest absolute Gasteiger partial charge is 0.398 e. The molecule has 1 aromatic rings. The molecular formula is C11H25N3O10S2. The Balaban J connectivity index is -0.000000366. The molecule has 10 N–H and O–H groups in total. The van der Waals surface area contributed by atoms with Crippen LogP contribution in [0.2, 0.25) is 0 Å². The van der Waals surface area contributed by atoms with Crippen LogP contribution in [0.25, 0.3) is 0 Å². The third-order valence-electron chi connectivity index (χ3n) is 2.38. The topological polar surface area (TPSA) is 245 Å². The number of nitrogens with zero attached hydrogens (tertiary/aromatic N) is 1. The Labute approximate surface area is 152 Å². The average Bonchev–Trinajstić information content (AvgIpc) is 2.46. The first-order chi connectivity index (χ1) is 11.7. The zero-order valence-electron chi connectivity index (χ0n) is 14.1. The molecular weight excluding hydrogens is 398 g/mol. The molecule has 0 aromatic heterocycles. The maximum atomic E-state index is 8.88. The lowest BCUT2D eigenvalue weighted by Crippen LogP contribution is -2.26. The number of rotatable bonds is 4. The Morgan fingerprint density at radius 1 is 1.00 bits per heavy atom. The summed E-state index contributed by atoms with van der Waals surface area (Å²) >= 11 is 0. The standard InChI is InChI=1S/C11H18N2O.H3NO.2H2O4S/c1-3-13(6-7-14)10-5-4-9(2)11(12)8-10;1-2;2*1-5(2,3)4/h4-5,8,14H,3,6-7,12H2,1-2H3;2H,1H2;2*(H2,1,2,3,4). The van der Waals surface area contributed by atoms with Crippen molar-refractivity contribution in [3.05, 3.63) is 23.8 Å². The third kappa shape index (κ3) is 24.7. The zero-order chi connectivity index (χ0) is 21.6. The summed E-state index contributed by atoms with van der Waals surface area (Å²) in [5, 5.41) is 15.4. The number of nitrogen functional groups attached to an aromatic ring is 1. The first-order valence-electron chi connectivity index (χ1n) is 6.56. The van der Waals surface area contributed by atoms with E-state index in [2.05, 4.69) is 17.7 Å². The van der Waals surface area contributed by atoms with Crippen LogP contribution < -0.4 is 16.5 Å². The van der Waals surface area contributed by atoms with Gasteiger partial charge in [-0.15, -0.1) is 0 Å². The van der Waals surface area contributed by atoms with Crippen molar-refractivity contribution in [3.8, 4) is 0 Å². The molecule has 0 aliphatic carbocycles. The van der Waals surface area contributed by atoms with Gasteiger partial charge in [0.25, 0.3) is 0 Å². The van der Waals surface area contributed by atoms with Crippen LogP contribution in [0, 0.1) is 6.92 Å². The van der Waals surface area contributed by atoms with Crippen LogP contribution in [0.5, 0.6) is 0 Å². The molecule has 156 valence electrons. The second-order valence-corrected chi connectivity index (χ2v) is 6.03. The Morgan fingerprint density at radius 2 is 1.38 bits per heavy atom. The summed E-state index contributed by atoms with van der Waals surface area (Å²) in [6.45, 7) is 5.75. The van der Waals surface area contributed by atoms with Crippen molar-refractivity contribution in [3.63, 3.8) is 0 Å². The van der Waals surface area contributed by atoms with E-state index in [1.165, 1.54) is 0 Å². The minimum atomic E-state index is -4.67. The van der Waals surface area contributed by atoms with E-state index in [4.69, 9.17) is 51.1 Å². The lowest BCUT2D eigenvalue weighted by molar-refractivity contribution is 0.302. The summed E-state index contributed by atoms with van der Waals surface area (Å²) in [7, 11) is -9.33. The molecule has 0 fully saturated rings. The first kappa shape index (κ1) is 29.2. The predicted molar refractivity (Wildman–Crippen MR) is 94.9 cm³/mol. The number of aliphatic hydroxyl groups is 1. The Kier molecular flexibility index (Phi) is 16.4. The highest BCUT2D eigenvalue weighted by Gasteiger charge is 2.04. The van der Waals surface area contributed by atoms with Gasteiger partial charge in [0.15, 0.2) is 0 Å². The van der Waals surface area contributed by atoms with Crippen LogP contribution in [-0.4, -0.2) is 65.1 Å². The molecule has 0 heterocycles. The maximum absolute atomic E-state index is 8.88. The molecule has 0 aliphatic heterocycles. The normalized spacial score (nSPS) is 10.2. The minimum Gasteiger partial charge on any atom is -0.398 e. The fraction of sp³-hybridized carbons (Fsp3) is 0.455. The molecule has 13 nitrogen and oxygen atoms in total. The van der Waals surface area contributed by atoms with Gasteiger partial charge in [-0.3, -0.25) is 18.2 Å². The van der Waals surface area contributed by atoms with Crippen LogP contribution in [0.3, 0.4) is 0 Å². The second-order valence-electron chi connectivity index (χ2n) is 4.24. The second kappa shape index (κ2) is 14.6. The highest BCUT2D eigenvalue weighted by atomic mass is 32.3. The SMILES string of the molecule is CCN(CCO)c1ccc(C)c(N)c1.NO.O=S(=O)(O)O.O=S(=O)(O)O. The summed E-state index contributed by atoms with van der Waals surface area (Å²) in [6, 6.07) is 5.99. The number of hydrogen-bond donors (Lipinski definition) is 8. The van der Waals surface area contributed by atoms with Gasteiger partial charge in [0.1, 0.15) is 0 Å². The molecule has 0 amide bonds. The van der Waals surface area contributed by atoms with E-state index in [1.807, 2.05) is 25.1 Å². The van der Waals surface area contributed by atoms with Crippen LogP contribution in [-0.2, 0) is 20.8 Å². The molecule has 1 aromatic carbocycles. The summed E-state index contributed by atoms with van der Waals surface area (Å²) in [6.07, 6.45) is 0. The summed E-state index contributed by atoms with van der Waals surface area (Å²) < 4.78 is 63.2. The molecule has 26 heavy (non-hydrogen) atoms. The third-order valence-corrected chi connectivity index (χ3v) is 2.38. The van der Waals surface area contributed by atoms with E-state index in [0.717, 1.165) is 23.5 Å². The molecule has 0 radical (unpaired) electrons. The van der Waals surface area contributed by atoms with E-state index in [9.17, 15) is 0 Å². The van der Waals surface area contributed by atoms with Gasteiger partial charge < -0.3 is 20.9 Å². The van der Waals surface area contributed by atoms with Crippen LogP contribution in [0.1, 0.15) is 12.5 Å². The Morgan fingerprint density at radius 3 is 1.65 bits per heavy atom. The van der Waals surface area contributed by atoms with Gasteiger partial charge in [-0.05, 0) is 31.5 Å². The lowest BCUT2D eigenvalue weighted by atomic mass is 10.1. The van der Waals surface area contributed by atoms with Gasteiger partial charge in [0, 0.05) is 24.5 Å². The van der Waals surface area contributed by atoms with Gasteiger partial charge in [0.2, 0.25) is 0 Å². The quantitative estimate of drug-likeness (QED) is 0.172. The molecule has 0 saturated heterocycles. The Hall–Kier alpha value is -1.56. The molecule has 15 heteroatoms. The molecule has 0 saturated carbocycles. The number of aryl methyl sites for hydroxylation is 1. The molecule has 0 spiro atoms. The Bertz CT molecular complexity index is 648. The fourth-order valence-electron chi connectivity index (χ4n) is 1.42. The van der Waals surface area contributed by atoms with Crippen molar-refractivity contribution < 1.29 is 45.4 Å².